The third-order valence-corrected chi connectivity index (χ3v) is 5.22. The molecular weight excluding hydrogens is 364 g/mol. The van der Waals surface area contributed by atoms with Crippen LogP contribution < -0.4 is 19.7 Å². The molecule has 0 fully saturated rings. The molecule has 0 atom stereocenters. The molecule has 2 heterocycles. The highest BCUT2D eigenvalue weighted by atomic mass is 16.5. The maximum Gasteiger partial charge on any atom is 0.224 e. The molecule has 6 nitrogen and oxygen atoms in total. The predicted octanol–water partition coefficient (Wildman–Crippen LogP) is 3.71. The van der Waals surface area contributed by atoms with E-state index in [9.17, 15) is 0 Å². The van der Waals surface area contributed by atoms with Gasteiger partial charge in [0.2, 0.25) is 5.95 Å². The quantitative estimate of drug-likeness (QED) is 0.664. The Morgan fingerprint density at radius 3 is 2.52 bits per heavy atom. The van der Waals surface area contributed by atoms with Crippen LogP contribution in [0.5, 0.6) is 11.5 Å². The molecule has 0 amide bonds. The van der Waals surface area contributed by atoms with Crippen molar-refractivity contribution in [2.24, 2.45) is 0 Å². The second-order valence-electron chi connectivity index (χ2n) is 7.05. The number of anilines is 2. The topological polar surface area (TPSA) is 59.5 Å². The first kappa shape index (κ1) is 19.1. The van der Waals surface area contributed by atoms with E-state index in [0.717, 1.165) is 49.8 Å². The highest BCUT2D eigenvalue weighted by Crippen LogP contribution is 2.34. The fourth-order valence-electron chi connectivity index (χ4n) is 3.65. The molecule has 0 saturated heterocycles. The van der Waals surface area contributed by atoms with Crippen LogP contribution >= 0.6 is 0 Å². The molecule has 1 aromatic heterocycles. The maximum absolute atomic E-state index is 5.46. The van der Waals surface area contributed by atoms with Gasteiger partial charge in [0.05, 0.1) is 14.2 Å². The minimum absolute atomic E-state index is 0.663. The van der Waals surface area contributed by atoms with Crippen molar-refractivity contribution in [1.29, 1.82) is 0 Å². The first-order valence-electron chi connectivity index (χ1n) is 9.86. The van der Waals surface area contributed by atoms with Crippen LogP contribution in [0.1, 0.15) is 16.7 Å². The fraction of sp³-hybridized carbons (Fsp3) is 0.304. The molecule has 3 aromatic rings. The Labute approximate surface area is 171 Å². The van der Waals surface area contributed by atoms with Gasteiger partial charge in [-0.25, -0.2) is 4.98 Å². The Morgan fingerprint density at radius 1 is 1.00 bits per heavy atom. The van der Waals surface area contributed by atoms with Crippen LogP contribution in [0.2, 0.25) is 0 Å². The first-order valence-corrected chi connectivity index (χ1v) is 9.86. The SMILES string of the molecule is COc1cc2c(cc1OC)CN(c1ccnc(NCCc3ccccc3)n1)CC2. The summed E-state index contributed by atoms with van der Waals surface area (Å²) in [6.45, 7) is 2.49. The first-order chi connectivity index (χ1) is 14.3. The van der Waals surface area contributed by atoms with E-state index in [1.165, 1.54) is 16.7 Å². The zero-order chi connectivity index (χ0) is 20.1. The van der Waals surface area contributed by atoms with Crippen LogP contribution in [0.4, 0.5) is 11.8 Å². The largest absolute Gasteiger partial charge is 0.493 e. The van der Waals surface area contributed by atoms with E-state index in [1.54, 1.807) is 14.2 Å². The third kappa shape index (κ3) is 4.42. The lowest BCUT2D eigenvalue weighted by Crippen LogP contribution is -2.31. The lowest BCUT2D eigenvalue weighted by Gasteiger charge is -2.30. The van der Waals surface area contributed by atoms with Gasteiger partial charge in [0.15, 0.2) is 11.5 Å². The molecule has 1 aliphatic heterocycles. The van der Waals surface area contributed by atoms with Crippen molar-refractivity contribution in [3.8, 4) is 11.5 Å². The van der Waals surface area contributed by atoms with E-state index in [4.69, 9.17) is 14.5 Å². The van der Waals surface area contributed by atoms with Gasteiger partial charge in [0, 0.05) is 25.8 Å². The maximum atomic E-state index is 5.46. The number of nitrogens with zero attached hydrogens (tertiary/aromatic N) is 3. The Balaban J connectivity index is 1.43. The van der Waals surface area contributed by atoms with Gasteiger partial charge < -0.3 is 19.7 Å². The average Bonchev–Trinajstić information content (AvgIpc) is 2.78. The number of nitrogens with one attached hydrogen (secondary N) is 1. The molecule has 150 valence electrons. The summed E-state index contributed by atoms with van der Waals surface area (Å²) in [6, 6.07) is 16.5. The lowest BCUT2D eigenvalue weighted by molar-refractivity contribution is 0.353. The van der Waals surface area contributed by atoms with Gasteiger partial charge in [-0.15, -0.1) is 0 Å². The number of methoxy groups -OCH3 is 2. The van der Waals surface area contributed by atoms with E-state index in [2.05, 4.69) is 51.6 Å². The van der Waals surface area contributed by atoms with E-state index >= 15 is 0 Å². The third-order valence-electron chi connectivity index (χ3n) is 5.22. The summed E-state index contributed by atoms with van der Waals surface area (Å²) in [5.74, 6) is 3.14. The molecule has 0 unspecified atom stereocenters. The molecule has 1 N–H and O–H groups in total. The Hall–Kier alpha value is -3.28. The van der Waals surface area contributed by atoms with E-state index in [0.29, 0.717) is 5.95 Å². The summed E-state index contributed by atoms with van der Waals surface area (Å²) in [5.41, 5.74) is 3.84. The van der Waals surface area contributed by atoms with Gasteiger partial charge in [0.25, 0.3) is 0 Å². The van der Waals surface area contributed by atoms with Crippen LogP contribution in [0.15, 0.2) is 54.7 Å². The highest BCUT2D eigenvalue weighted by Gasteiger charge is 2.20. The van der Waals surface area contributed by atoms with Crippen molar-refractivity contribution in [3.05, 3.63) is 71.4 Å². The van der Waals surface area contributed by atoms with Crippen molar-refractivity contribution in [2.75, 3.05) is 37.5 Å². The van der Waals surface area contributed by atoms with Crippen LogP contribution in [0.25, 0.3) is 0 Å². The molecule has 0 aliphatic carbocycles. The van der Waals surface area contributed by atoms with Gasteiger partial charge in [-0.1, -0.05) is 30.3 Å². The van der Waals surface area contributed by atoms with E-state index < -0.39 is 0 Å². The smallest absolute Gasteiger partial charge is 0.224 e. The number of ether oxygens (including phenoxy) is 2. The number of fused-ring (bicyclic) bond motifs is 1. The van der Waals surface area contributed by atoms with Crippen LogP contribution in [-0.2, 0) is 19.4 Å². The van der Waals surface area contributed by atoms with E-state index in [1.807, 2.05) is 18.3 Å². The Bertz CT molecular complexity index is 962. The van der Waals surface area contributed by atoms with Gasteiger partial charge in [-0.05, 0) is 47.7 Å². The van der Waals surface area contributed by atoms with E-state index in [-0.39, 0.29) is 0 Å². The van der Waals surface area contributed by atoms with Gasteiger partial charge in [0.1, 0.15) is 5.82 Å². The number of hydrogen-bond acceptors (Lipinski definition) is 6. The van der Waals surface area contributed by atoms with Gasteiger partial charge in [-0.3, -0.25) is 0 Å². The highest BCUT2D eigenvalue weighted by molar-refractivity contribution is 5.52. The Kier molecular flexibility index (Phi) is 5.79. The van der Waals surface area contributed by atoms with Crippen molar-refractivity contribution in [1.82, 2.24) is 9.97 Å². The zero-order valence-corrected chi connectivity index (χ0v) is 16.9. The average molecular weight is 390 g/mol. The Morgan fingerprint density at radius 2 is 1.76 bits per heavy atom. The summed E-state index contributed by atoms with van der Waals surface area (Å²) < 4.78 is 10.9. The molecule has 29 heavy (non-hydrogen) atoms. The summed E-state index contributed by atoms with van der Waals surface area (Å²) >= 11 is 0. The molecule has 1 aliphatic rings. The fourth-order valence-corrected chi connectivity index (χ4v) is 3.65. The molecule has 0 saturated carbocycles. The molecule has 4 rings (SSSR count). The van der Waals surface area contributed by atoms with Crippen molar-refractivity contribution in [3.63, 3.8) is 0 Å². The van der Waals surface area contributed by atoms with Crippen LogP contribution in [0, 0.1) is 0 Å². The predicted molar refractivity (Wildman–Crippen MR) is 115 cm³/mol. The number of benzene rings is 2. The summed E-state index contributed by atoms with van der Waals surface area (Å²) in [7, 11) is 3.34. The number of rotatable bonds is 7. The molecular formula is C23H26N4O2. The van der Waals surface area contributed by atoms with Crippen molar-refractivity contribution >= 4 is 11.8 Å². The molecule has 2 aromatic carbocycles. The summed E-state index contributed by atoms with van der Waals surface area (Å²) in [6.07, 6.45) is 3.70. The minimum Gasteiger partial charge on any atom is -0.493 e. The monoisotopic (exact) mass is 390 g/mol. The van der Waals surface area contributed by atoms with Crippen LogP contribution in [-0.4, -0.2) is 37.3 Å². The number of hydrogen-bond donors (Lipinski definition) is 1. The summed E-state index contributed by atoms with van der Waals surface area (Å²) in [5, 5.41) is 3.34. The van der Waals surface area contributed by atoms with Crippen molar-refractivity contribution in [2.45, 2.75) is 19.4 Å². The molecule has 0 radical (unpaired) electrons. The second-order valence-corrected chi connectivity index (χ2v) is 7.05. The van der Waals surface area contributed by atoms with Crippen molar-refractivity contribution < 1.29 is 9.47 Å². The van der Waals surface area contributed by atoms with Gasteiger partial charge >= 0.3 is 0 Å². The molecule has 0 spiro atoms. The lowest BCUT2D eigenvalue weighted by atomic mass is 9.99. The minimum atomic E-state index is 0.663. The molecule has 6 heteroatoms. The second kappa shape index (κ2) is 8.82. The zero-order valence-electron chi connectivity index (χ0n) is 16.9. The summed E-state index contributed by atoms with van der Waals surface area (Å²) in [4.78, 5) is 11.4. The van der Waals surface area contributed by atoms with Gasteiger partial charge in [-0.2, -0.15) is 4.98 Å². The normalized spacial score (nSPS) is 13.0. The molecule has 0 bridgehead atoms. The van der Waals surface area contributed by atoms with Crippen LogP contribution in [0.3, 0.4) is 0 Å². The number of aromatic nitrogens is 2. The standard InChI is InChI=1S/C23H26N4O2/c1-28-20-14-18-10-13-27(16-19(18)15-21(20)29-2)22-9-12-25-23(26-22)24-11-8-17-6-4-3-5-7-17/h3-7,9,12,14-15H,8,10-11,13,16H2,1-2H3,(H,24,25,26).